The number of alkyl halides is 3. The van der Waals surface area contributed by atoms with Crippen molar-refractivity contribution >= 4 is 15.9 Å². The second kappa shape index (κ2) is 6.98. The number of hydrogen-bond acceptors (Lipinski definition) is 3. The molecule has 1 heterocycles. The second-order valence-corrected chi connectivity index (χ2v) is 6.15. The number of likely N-dealkylation sites (N-methyl/N-ethyl adjacent to an activating group) is 1. The van der Waals surface area contributed by atoms with Crippen molar-refractivity contribution in [2.75, 3.05) is 39.8 Å². The van der Waals surface area contributed by atoms with Crippen molar-refractivity contribution < 1.29 is 17.9 Å². The first kappa shape index (κ1) is 16.6. The SMILES string of the molecule is CN1CCN(Cc2cc(Br)ccc2OCC(F)(F)F)CC1. The lowest BCUT2D eigenvalue weighted by atomic mass is 10.1. The van der Waals surface area contributed by atoms with Crippen molar-refractivity contribution in [3.05, 3.63) is 28.2 Å². The van der Waals surface area contributed by atoms with Crippen LogP contribution in [0.25, 0.3) is 0 Å². The van der Waals surface area contributed by atoms with Crippen LogP contribution in [0.3, 0.4) is 0 Å². The fourth-order valence-corrected chi connectivity index (χ4v) is 2.63. The van der Waals surface area contributed by atoms with Crippen LogP contribution in [-0.4, -0.2) is 55.8 Å². The molecule has 0 aliphatic carbocycles. The Hall–Kier alpha value is -0.790. The van der Waals surface area contributed by atoms with Gasteiger partial charge in [-0.2, -0.15) is 13.2 Å². The van der Waals surface area contributed by atoms with Crippen molar-refractivity contribution in [2.45, 2.75) is 12.7 Å². The van der Waals surface area contributed by atoms with Gasteiger partial charge in [-0.15, -0.1) is 0 Å². The molecule has 7 heteroatoms. The van der Waals surface area contributed by atoms with E-state index in [4.69, 9.17) is 4.74 Å². The Morgan fingerprint density at radius 2 is 1.86 bits per heavy atom. The standard InChI is InChI=1S/C14H18BrF3N2O/c1-19-4-6-20(7-5-19)9-11-8-12(15)2-3-13(11)21-10-14(16,17)18/h2-3,8H,4-7,9-10H2,1H3. The minimum atomic E-state index is -4.32. The van der Waals surface area contributed by atoms with Crippen LogP contribution in [0, 0.1) is 0 Å². The van der Waals surface area contributed by atoms with Crippen LogP contribution in [0.15, 0.2) is 22.7 Å². The van der Waals surface area contributed by atoms with E-state index < -0.39 is 12.8 Å². The van der Waals surface area contributed by atoms with Crippen molar-refractivity contribution in [1.29, 1.82) is 0 Å². The first-order chi connectivity index (χ1) is 9.83. The minimum Gasteiger partial charge on any atom is -0.484 e. The number of rotatable bonds is 4. The summed E-state index contributed by atoms with van der Waals surface area (Å²) in [7, 11) is 2.06. The monoisotopic (exact) mass is 366 g/mol. The van der Waals surface area contributed by atoms with Crippen molar-refractivity contribution in [3.63, 3.8) is 0 Å². The normalized spacial score (nSPS) is 18.0. The summed E-state index contributed by atoms with van der Waals surface area (Å²) in [6, 6.07) is 5.10. The third kappa shape index (κ3) is 5.48. The molecule has 0 bridgehead atoms. The van der Waals surface area contributed by atoms with Gasteiger partial charge < -0.3 is 9.64 Å². The largest absolute Gasteiger partial charge is 0.484 e. The number of piperazine rings is 1. The van der Waals surface area contributed by atoms with Gasteiger partial charge in [-0.25, -0.2) is 0 Å². The molecule has 2 rings (SSSR count). The maximum Gasteiger partial charge on any atom is 0.422 e. The molecule has 21 heavy (non-hydrogen) atoms. The Morgan fingerprint density at radius 1 is 1.19 bits per heavy atom. The first-order valence-electron chi connectivity index (χ1n) is 6.72. The topological polar surface area (TPSA) is 15.7 Å². The van der Waals surface area contributed by atoms with E-state index in [1.807, 2.05) is 6.07 Å². The summed E-state index contributed by atoms with van der Waals surface area (Å²) in [4.78, 5) is 4.46. The fourth-order valence-electron chi connectivity index (χ4n) is 2.22. The van der Waals surface area contributed by atoms with Crippen LogP contribution in [0.4, 0.5) is 13.2 Å². The number of benzene rings is 1. The summed E-state index contributed by atoms with van der Waals surface area (Å²) >= 11 is 3.36. The molecular weight excluding hydrogens is 349 g/mol. The Balaban J connectivity index is 2.04. The lowest BCUT2D eigenvalue weighted by molar-refractivity contribution is -0.153. The predicted octanol–water partition coefficient (Wildman–Crippen LogP) is 3.14. The zero-order valence-corrected chi connectivity index (χ0v) is 13.4. The average Bonchev–Trinajstić information content (AvgIpc) is 2.39. The molecule has 1 aromatic carbocycles. The molecule has 0 unspecified atom stereocenters. The smallest absolute Gasteiger partial charge is 0.422 e. The highest BCUT2D eigenvalue weighted by Crippen LogP contribution is 2.27. The van der Waals surface area contributed by atoms with Crippen LogP contribution in [-0.2, 0) is 6.54 Å². The van der Waals surface area contributed by atoms with E-state index in [0.717, 1.165) is 36.2 Å². The quantitative estimate of drug-likeness (QED) is 0.813. The third-order valence-corrected chi connectivity index (χ3v) is 3.90. The van der Waals surface area contributed by atoms with E-state index in [9.17, 15) is 13.2 Å². The van der Waals surface area contributed by atoms with Crippen molar-refractivity contribution in [3.8, 4) is 5.75 Å². The molecule has 0 radical (unpaired) electrons. The van der Waals surface area contributed by atoms with E-state index in [1.54, 1.807) is 12.1 Å². The summed E-state index contributed by atoms with van der Waals surface area (Å²) in [6.45, 7) is 3.08. The van der Waals surface area contributed by atoms with E-state index in [2.05, 4.69) is 32.8 Å². The summed E-state index contributed by atoms with van der Waals surface area (Å²) in [5, 5.41) is 0. The van der Waals surface area contributed by atoms with Gasteiger partial charge in [0.05, 0.1) is 0 Å². The van der Waals surface area contributed by atoms with E-state index >= 15 is 0 Å². The van der Waals surface area contributed by atoms with E-state index in [1.165, 1.54) is 0 Å². The summed E-state index contributed by atoms with van der Waals surface area (Å²) in [5.74, 6) is 0.300. The van der Waals surface area contributed by atoms with E-state index in [0.29, 0.717) is 12.3 Å². The summed E-state index contributed by atoms with van der Waals surface area (Å²) < 4.78 is 42.7. The Bertz CT molecular complexity index is 474. The number of ether oxygens (including phenoxy) is 1. The summed E-state index contributed by atoms with van der Waals surface area (Å²) in [6.07, 6.45) is -4.32. The molecule has 1 aliphatic rings. The molecule has 118 valence electrons. The lowest BCUT2D eigenvalue weighted by Crippen LogP contribution is -2.43. The molecule has 3 nitrogen and oxygen atoms in total. The molecule has 0 N–H and O–H groups in total. The van der Waals surface area contributed by atoms with Gasteiger partial charge >= 0.3 is 6.18 Å². The molecule has 1 aromatic rings. The number of hydrogen-bond donors (Lipinski definition) is 0. The van der Waals surface area contributed by atoms with Gasteiger partial charge in [-0.1, -0.05) is 15.9 Å². The highest BCUT2D eigenvalue weighted by molar-refractivity contribution is 9.10. The van der Waals surface area contributed by atoms with E-state index in [-0.39, 0.29) is 0 Å². The van der Waals surface area contributed by atoms with Crippen LogP contribution in [0.1, 0.15) is 5.56 Å². The van der Waals surface area contributed by atoms with Gasteiger partial charge in [-0.05, 0) is 25.2 Å². The third-order valence-electron chi connectivity index (χ3n) is 3.40. The minimum absolute atomic E-state index is 0.300. The number of nitrogens with zero attached hydrogens (tertiary/aromatic N) is 2. The molecule has 0 aromatic heterocycles. The molecule has 1 fully saturated rings. The van der Waals surface area contributed by atoms with Gasteiger partial charge in [0.15, 0.2) is 6.61 Å². The van der Waals surface area contributed by atoms with Gasteiger partial charge in [0, 0.05) is 42.8 Å². The zero-order valence-electron chi connectivity index (χ0n) is 11.8. The van der Waals surface area contributed by atoms with Crippen molar-refractivity contribution in [1.82, 2.24) is 9.80 Å². The maximum absolute atomic E-state index is 12.3. The van der Waals surface area contributed by atoms with Gasteiger partial charge in [0.2, 0.25) is 0 Å². The molecule has 1 saturated heterocycles. The van der Waals surface area contributed by atoms with Gasteiger partial charge in [0.1, 0.15) is 5.75 Å². The fraction of sp³-hybridized carbons (Fsp3) is 0.571. The van der Waals surface area contributed by atoms with Crippen LogP contribution in [0.2, 0.25) is 0 Å². The summed E-state index contributed by atoms with van der Waals surface area (Å²) in [5.41, 5.74) is 0.776. The maximum atomic E-state index is 12.3. The molecular formula is C14H18BrF3N2O. The Morgan fingerprint density at radius 3 is 2.48 bits per heavy atom. The molecule has 0 saturated carbocycles. The Labute approximate surface area is 130 Å². The molecule has 0 atom stereocenters. The second-order valence-electron chi connectivity index (χ2n) is 5.24. The lowest BCUT2D eigenvalue weighted by Gasteiger charge is -2.32. The molecule has 0 spiro atoms. The zero-order chi connectivity index (χ0) is 15.5. The average molecular weight is 367 g/mol. The van der Waals surface area contributed by atoms with Gasteiger partial charge in [0.25, 0.3) is 0 Å². The predicted molar refractivity (Wildman–Crippen MR) is 78.5 cm³/mol. The van der Waals surface area contributed by atoms with Gasteiger partial charge in [-0.3, -0.25) is 4.90 Å². The number of halogens is 4. The van der Waals surface area contributed by atoms with Crippen molar-refractivity contribution in [2.24, 2.45) is 0 Å². The Kier molecular flexibility index (Phi) is 5.51. The highest BCUT2D eigenvalue weighted by Gasteiger charge is 2.29. The van der Waals surface area contributed by atoms with Crippen LogP contribution >= 0.6 is 15.9 Å². The van der Waals surface area contributed by atoms with Crippen LogP contribution in [0.5, 0.6) is 5.75 Å². The highest BCUT2D eigenvalue weighted by atomic mass is 79.9. The molecule has 1 aliphatic heterocycles. The first-order valence-corrected chi connectivity index (χ1v) is 7.52. The van der Waals surface area contributed by atoms with Crippen LogP contribution < -0.4 is 4.74 Å². The molecule has 0 amide bonds.